The van der Waals surface area contributed by atoms with Gasteiger partial charge in [-0.15, -0.1) is 0 Å². The summed E-state index contributed by atoms with van der Waals surface area (Å²) >= 11 is 0. The largest absolute Gasteiger partial charge is 0.379 e. The van der Waals surface area contributed by atoms with Crippen LogP contribution in [0, 0.1) is 11.6 Å². The highest BCUT2D eigenvalue weighted by Gasteiger charge is 2.28. The number of nitrogens with two attached hydrogens (primary N) is 1. The molecule has 0 aliphatic rings. The minimum Gasteiger partial charge on any atom is -0.379 e. The Bertz CT molecular complexity index is 594. The Morgan fingerprint density at radius 2 is 1.95 bits per heavy atom. The van der Waals surface area contributed by atoms with E-state index in [1.807, 2.05) is 6.92 Å². The molecule has 5 nitrogen and oxygen atoms in total. The average molecular weight is 297 g/mol. The molecule has 0 aliphatic heterocycles. The Labute approximate surface area is 121 Å². The zero-order valence-electron chi connectivity index (χ0n) is 11.9. The predicted octanol–water partition coefficient (Wildman–Crippen LogP) is 2.62. The van der Waals surface area contributed by atoms with Crippen LogP contribution in [0.2, 0.25) is 0 Å². The lowest BCUT2D eigenvalue weighted by atomic mass is 10.1. The van der Waals surface area contributed by atoms with Gasteiger partial charge in [0.15, 0.2) is 5.82 Å². The van der Waals surface area contributed by atoms with Crippen LogP contribution in [0.5, 0.6) is 0 Å². The molecular formula is C14H17F2N3O2. The summed E-state index contributed by atoms with van der Waals surface area (Å²) in [5.41, 5.74) is 5.29. The van der Waals surface area contributed by atoms with Crippen molar-refractivity contribution in [2.75, 3.05) is 13.2 Å². The molecule has 0 spiro atoms. The van der Waals surface area contributed by atoms with E-state index < -0.39 is 17.2 Å². The molecule has 0 bridgehead atoms. The van der Waals surface area contributed by atoms with Gasteiger partial charge in [0.25, 0.3) is 5.89 Å². The molecule has 114 valence electrons. The van der Waals surface area contributed by atoms with Crippen molar-refractivity contribution in [3.8, 4) is 11.5 Å². The van der Waals surface area contributed by atoms with Crippen molar-refractivity contribution >= 4 is 0 Å². The third-order valence-electron chi connectivity index (χ3n) is 2.80. The lowest BCUT2D eigenvalue weighted by Gasteiger charge is -2.19. The van der Waals surface area contributed by atoms with Gasteiger partial charge in [0.1, 0.15) is 17.2 Å². The Balaban J connectivity index is 2.20. The molecule has 21 heavy (non-hydrogen) atoms. The molecule has 1 aromatic heterocycles. The Morgan fingerprint density at radius 1 is 1.29 bits per heavy atom. The van der Waals surface area contributed by atoms with Crippen LogP contribution in [0.3, 0.4) is 0 Å². The number of halogens is 2. The predicted molar refractivity (Wildman–Crippen MR) is 72.3 cm³/mol. The SMILES string of the molecule is CCCOCC(C)(N)c1noc(-c2cc(F)cc(F)c2)n1. The molecule has 2 N–H and O–H groups in total. The van der Waals surface area contributed by atoms with Crippen LogP contribution < -0.4 is 5.73 Å². The Morgan fingerprint density at radius 3 is 2.57 bits per heavy atom. The van der Waals surface area contributed by atoms with Gasteiger partial charge in [-0.1, -0.05) is 12.1 Å². The van der Waals surface area contributed by atoms with Crippen molar-refractivity contribution in [3.05, 3.63) is 35.7 Å². The van der Waals surface area contributed by atoms with Crippen molar-refractivity contribution in [1.82, 2.24) is 10.1 Å². The Kier molecular flexibility index (Phi) is 4.64. The van der Waals surface area contributed by atoms with Gasteiger partial charge in [-0.05, 0) is 25.5 Å². The maximum atomic E-state index is 13.2. The summed E-state index contributed by atoms with van der Waals surface area (Å²) in [6.07, 6.45) is 0.871. The molecule has 0 aliphatic carbocycles. The number of rotatable bonds is 6. The second-order valence-electron chi connectivity index (χ2n) is 5.05. The first-order valence-electron chi connectivity index (χ1n) is 6.59. The van der Waals surface area contributed by atoms with Crippen molar-refractivity contribution in [3.63, 3.8) is 0 Å². The quantitative estimate of drug-likeness (QED) is 0.830. The van der Waals surface area contributed by atoms with Crippen LogP contribution in [0.1, 0.15) is 26.1 Å². The van der Waals surface area contributed by atoms with Crippen LogP contribution in [0.15, 0.2) is 22.7 Å². The summed E-state index contributed by atoms with van der Waals surface area (Å²) in [4.78, 5) is 4.10. The molecule has 1 unspecified atom stereocenters. The highest BCUT2D eigenvalue weighted by Crippen LogP contribution is 2.23. The molecule has 7 heteroatoms. The standard InChI is InChI=1S/C14H17F2N3O2/c1-3-4-20-8-14(2,17)13-18-12(21-19-13)9-5-10(15)7-11(16)6-9/h5-7H,3-4,8,17H2,1-2H3. The highest BCUT2D eigenvalue weighted by atomic mass is 19.1. The molecule has 0 saturated heterocycles. The molecule has 0 radical (unpaired) electrons. The highest BCUT2D eigenvalue weighted by molar-refractivity contribution is 5.52. The third-order valence-corrected chi connectivity index (χ3v) is 2.80. The topological polar surface area (TPSA) is 74.2 Å². The van der Waals surface area contributed by atoms with E-state index in [1.54, 1.807) is 6.92 Å². The van der Waals surface area contributed by atoms with Gasteiger partial charge >= 0.3 is 0 Å². The second kappa shape index (κ2) is 6.28. The fraction of sp³-hybridized carbons (Fsp3) is 0.429. The maximum absolute atomic E-state index is 13.2. The van der Waals surface area contributed by atoms with E-state index in [4.69, 9.17) is 15.0 Å². The monoisotopic (exact) mass is 297 g/mol. The summed E-state index contributed by atoms with van der Waals surface area (Å²) in [6.45, 7) is 4.48. The van der Waals surface area contributed by atoms with Gasteiger partial charge in [-0.3, -0.25) is 0 Å². The first kappa shape index (κ1) is 15.5. The van der Waals surface area contributed by atoms with Gasteiger partial charge in [0.2, 0.25) is 0 Å². The maximum Gasteiger partial charge on any atom is 0.258 e. The van der Waals surface area contributed by atoms with Gasteiger partial charge in [-0.2, -0.15) is 4.98 Å². The first-order valence-corrected chi connectivity index (χ1v) is 6.59. The summed E-state index contributed by atoms with van der Waals surface area (Å²) in [6, 6.07) is 3.00. The van der Waals surface area contributed by atoms with E-state index in [0.717, 1.165) is 24.6 Å². The summed E-state index contributed by atoms with van der Waals surface area (Å²) in [7, 11) is 0. The first-order chi connectivity index (χ1) is 9.92. The number of aromatic nitrogens is 2. The van der Waals surface area contributed by atoms with Crippen LogP contribution in [0.4, 0.5) is 8.78 Å². The summed E-state index contributed by atoms with van der Waals surface area (Å²) in [5.74, 6) is -1.20. The van der Waals surface area contributed by atoms with E-state index in [9.17, 15) is 8.78 Å². The van der Waals surface area contributed by atoms with E-state index in [1.165, 1.54) is 0 Å². The second-order valence-corrected chi connectivity index (χ2v) is 5.05. The average Bonchev–Trinajstić information content (AvgIpc) is 2.88. The van der Waals surface area contributed by atoms with Crippen LogP contribution in [0.25, 0.3) is 11.5 Å². The van der Waals surface area contributed by atoms with E-state index in [2.05, 4.69) is 10.1 Å². The van der Waals surface area contributed by atoms with Gasteiger partial charge in [0, 0.05) is 18.2 Å². The number of ether oxygens (including phenoxy) is 1. The van der Waals surface area contributed by atoms with E-state index >= 15 is 0 Å². The van der Waals surface area contributed by atoms with Crippen LogP contribution in [-0.4, -0.2) is 23.4 Å². The minimum absolute atomic E-state index is 0.00978. The molecule has 0 fully saturated rings. The molecule has 0 amide bonds. The number of benzene rings is 1. The molecule has 1 atom stereocenters. The van der Waals surface area contributed by atoms with Gasteiger partial charge in [-0.25, -0.2) is 8.78 Å². The van der Waals surface area contributed by atoms with Crippen LogP contribution in [-0.2, 0) is 10.3 Å². The fourth-order valence-electron chi connectivity index (χ4n) is 1.74. The fourth-order valence-corrected chi connectivity index (χ4v) is 1.74. The van der Waals surface area contributed by atoms with Crippen molar-refractivity contribution in [2.45, 2.75) is 25.8 Å². The van der Waals surface area contributed by atoms with Gasteiger partial charge in [0.05, 0.1) is 6.61 Å². The zero-order chi connectivity index (χ0) is 15.5. The summed E-state index contributed by atoms with van der Waals surface area (Å²) < 4.78 is 36.8. The molecule has 2 rings (SSSR count). The molecule has 0 saturated carbocycles. The lowest BCUT2D eigenvalue weighted by Crippen LogP contribution is -2.39. The van der Waals surface area contributed by atoms with Crippen molar-refractivity contribution in [2.24, 2.45) is 5.73 Å². The van der Waals surface area contributed by atoms with Gasteiger partial charge < -0.3 is 15.0 Å². The normalized spacial score (nSPS) is 14.1. The number of hydrogen-bond donors (Lipinski definition) is 1. The zero-order valence-corrected chi connectivity index (χ0v) is 11.9. The van der Waals surface area contributed by atoms with Crippen molar-refractivity contribution < 1.29 is 18.0 Å². The van der Waals surface area contributed by atoms with E-state index in [0.29, 0.717) is 6.61 Å². The van der Waals surface area contributed by atoms with Crippen molar-refractivity contribution in [1.29, 1.82) is 0 Å². The number of nitrogens with zero attached hydrogens (tertiary/aromatic N) is 2. The molecule has 1 heterocycles. The third kappa shape index (κ3) is 3.83. The van der Waals surface area contributed by atoms with Crippen LogP contribution >= 0.6 is 0 Å². The smallest absolute Gasteiger partial charge is 0.258 e. The molecule has 1 aromatic carbocycles. The molecular weight excluding hydrogens is 280 g/mol. The minimum atomic E-state index is -0.942. The molecule has 2 aromatic rings. The lowest BCUT2D eigenvalue weighted by molar-refractivity contribution is 0.0867. The number of hydrogen-bond acceptors (Lipinski definition) is 5. The summed E-state index contributed by atoms with van der Waals surface area (Å²) in [5, 5.41) is 3.77. The Hall–Kier alpha value is -1.86. The van der Waals surface area contributed by atoms with E-state index in [-0.39, 0.29) is 23.9 Å².